The van der Waals surface area contributed by atoms with Gasteiger partial charge in [-0.15, -0.1) is 0 Å². The van der Waals surface area contributed by atoms with Gasteiger partial charge in [0, 0.05) is 25.9 Å². The molecule has 0 aliphatic carbocycles. The fraction of sp³-hybridized carbons (Fsp3) is 0.923. The molecule has 2 amide bonds. The first-order chi connectivity index (χ1) is 15.2. The van der Waals surface area contributed by atoms with Crippen LogP contribution in [0.2, 0.25) is 0 Å². The number of rotatable bonds is 22. The van der Waals surface area contributed by atoms with Gasteiger partial charge in [0.1, 0.15) is 0 Å². The minimum Gasteiger partial charge on any atom is -0.373 e. The molecule has 2 N–H and O–H groups in total. The molecule has 0 spiro atoms. The van der Waals surface area contributed by atoms with Crippen molar-refractivity contribution in [3.8, 4) is 0 Å². The van der Waals surface area contributed by atoms with Crippen LogP contribution in [-0.4, -0.2) is 50.3 Å². The minimum atomic E-state index is 0. The third-order valence-corrected chi connectivity index (χ3v) is 6.16. The molecule has 0 saturated carbocycles. The van der Waals surface area contributed by atoms with Crippen LogP contribution in [0.1, 0.15) is 117 Å². The van der Waals surface area contributed by atoms with E-state index in [1.54, 1.807) is 0 Å². The fourth-order valence-electron chi connectivity index (χ4n) is 3.92. The van der Waals surface area contributed by atoms with Crippen molar-refractivity contribution in [1.29, 1.82) is 0 Å². The molecule has 188 valence electrons. The van der Waals surface area contributed by atoms with E-state index in [0.717, 1.165) is 45.3 Å². The van der Waals surface area contributed by atoms with Gasteiger partial charge in [0.15, 0.2) is 0 Å². The molecule has 0 aromatic heterocycles. The molecule has 2 unspecified atom stereocenters. The van der Waals surface area contributed by atoms with Crippen LogP contribution >= 0.6 is 0 Å². The first-order valence-electron chi connectivity index (χ1n) is 13.0. The maximum atomic E-state index is 11.8. The van der Waals surface area contributed by atoms with Crippen LogP contribution in [0.4, 0.5) is 0 Å². The second-order valence-electron chi connectivity index (χ2n) is 9.28. The van der Waals surface area contributed by atoms with Crippen molar-refractivity contribution in [2.24, 2.45) is 0 Å². The third kappa shape index (κ3) is 18.4. The SMILES string of the molecule is C.O=C(CCCCCCCCC1CO1)NCCCNC(=O)CCCCCCCCC1CO1. The van der Waals surface area contributed by atoms with Crippen LogP contribution in [-0.2, 0) is 19.1 Å². The Morgan fingerprint density at radius 3 is 1.28 bits per heavy atom. The van der Waals surface area contributed by atoms with Crippen molar-refractivity contribution in [1.82, 2.24) is 10.6 Å². The van der Waals surface area contributed by atoms with Crippen LogP contribution < -0.4 is 10.6 Å². The summed E-state index contributed by atoms with van der Waals surface area (Å²) in [7, 11) is 0. The van der Waals surface area contributed by atoms with Crippen molar-refractivity contribution in [2.45, 2.75) is 129 Å². The average molecular weight is 455 g/mol. The second kappa shape index (κ2) is 19.3. The standard InChI is InChI=1S/C25H46N2O4.CH4/c28-24(16-11-7-3-1-5-9-14-22-20-30-22)26-18-13-19-27-25(29)17-12-8-4-2-6-10-15-23-21-31-23;/h22-23H,1-21H2,(H,26,28)(H,27,29);1H4. The molecule has 32 heavy (non-hydrogen) atoms. The summed E-state index contributed by atoms with van der Waals surface area (Å²) in [5.74, 6) is 0.281. The maximum absolute atomic E-state index is 11.8. The Morgan fingerprint density at radius 1 is 0.562 bits per heavy atom. The molecule has 2 aliphatic rings. The highest BCUT2D eigenvalue weighted by Crippen LogP contribution is 2.19. The van der Waals surface area contributed by atoms with Crippen molar-refractivity contribution in [2.75, 3.05) is 26.3 Å². The number of nitrogens with one attached hydrogen (secondary N) is 2. The average Bonchev–Trinajstić information content (AvgIpc) is 3.67. The molecule has 2 rings (SSSR count). The van der Waals surface area contributed by atoms with Crippen molar-refractivity contribution >= 4 is 11.8 Å². The van der Waals surface area contributed by atoms with Gasteiger partial charge >= 0.3 is 0 Å². The normalized spacial score (nSPS) is 18.6. The number of carbonyl (C=O) groups is 2. The molecule has 0 aromatic rings. The number of epoxide rings is 2. The summed E-state index contributed by atoms with van der Waals surface area (Å²) < 4.78 is 10.4. The highest BCUT2D eigenvalue weighted by molar-refractivity contribution is 5.76. The Kier molecular flexibility index (Phi) is 17.5. The molecule has 2 saturated heterocycles. The zero-order chi connectivity index (χ0) is 22.0. The molecular formula is C26H50N2O4. The summed E-state index contributed by atoms with van der Waals surface area (Å²) >= 11 is 0. The molecule has 2 atom stereocenters. The molecule has 0 aromatic carbocycles. The summed E-state index contributed by atoms with van der Waals surface area (Å²) in [6.07, 6.45) is 19.9. The topological polar surface area (TPSA) is 83.3 Å². The lowest BCUT2D eigenvalue weighted by atomic mass is 10.1. The number of amides is 2. The van der Waals surface area contributed by atoms with E-state index >= 15 is 0 Å². The first-order valence-corrected chi connectivity index (χ1v) is 13.0. The Hall–Kier alpha value is -1.14. The number of ether oxygens (including phenoxy) is 2. The van der Waals surface area contributed by atoms with Gasteiger partial charge in [0.2, 0.25) is 11.8 Å². The second-order valence-corrected chi connectivity index (χ2v) is 9.28. The van der Waals surface area contributed by atoms with Crippen molar-refractivity contribution < 1.29 is 19.1 Å². The predicted octanol–water partition coefficient (Wildman–Crippen LogP) is 5.28. The van der Waals surface area contributed by atoms with E-state index in [2.05, 4.69) is 10.6 Å². The van der Waals surface area contributed by atoms with E-state index < -0.39 is 0 Å². The maximum Gasteiger partial charge on any atom is 0.219 e. The monoisotopic (exact) mass is 454 g/mol. The Balaban J connectivity index is 0.00000512. The first kappa shape index (κ1) is 28.9. The summed E-state index contributed by atoms with van der Waals surface area (Å²) in [5, 5.41) is 5.92. The summed E-state index contributed by atoms with van der Waals surface area (Å²) in [5.41, 5.74) is 0. The van der Waals surface area contributed by atoms with Gasteiger partial charge in [-0.1, -0.05) is 71.6 Å². The van der Waals surface area contributed by atoms with Gasteiger partial charge in [-0.25, -0.2) is 0 Å². The zero-order valence-corrected chi connectivity index (χ0v) is 19.6. The smallest absolute Gasteiger partial charge is 0.219 e. The van der Waals surface area contributed by atoms with Crippen LogP contribution in [0, 0.1) is 0 Å². The zero-order valence-electron chi connectivity index (χ0n) is 19.6. The molecule has 0 bridgehead atoms. The quantitative estimate of drug-likeness (QED) is 0.172. The van der Waals surface area contributed by atoms with Gasteiger partial charge in [0.05, 0.1) is 25.4 Å². The third-order valence-electron chi connectivity index (χ3n) is 6.16. The summed E-state index contributed by atoms with van der Waals surface area (Å²) in [6, 6.07) is 0. The van der Waals surface area contributed by atoms with Crippen molar-refractivity contribution in [3.63, 3.8) is 0 Å². The Labute approximate surface area is 197 Å². The van der Waals surface area contributed by atoms with Crippen LogP contribution in [0.3, 0.4) is 0 Å². The molecular weight excluding hydrogens is 404 g/mol. The highest BCUT2D eigenvalue weighted by Gasteiger charge is 2.21. The van der Waals surface area contributed by atoms with E-state index in [9.17, 15) is 9.59 Å². The molecule has 2 fully saturated rings. The van der Waals surface area contributed by atoms with Gasteiger partial charge in [-0.3, -0.25) is 9.59 Å². The van der Waals surface area contributed by atoms with Gasteiger partial charge in [0.25, 0.3) is 0 Å². The number of hydrogen-bond donors (Lipinski definition) is 2. The Bertz CT molecular complexity index is 436. The number of unbranched alkanes of at least 4 members (excludes halogenated alkanes) is 10. The van der Waals surface area contributed by atoms with Crippen LogP contribution in [0.5, 0.6) is 0 Å². The minimum absolute atomic E-state index is 0. The molecule has 6 heteroatoms. The van der Waals surface area contributed by atoms with Crippen molar-refractivity contribution in [3.05, 3.63) is 0 Å². The van der Waals surface area contributed by atoms with E-state index in [4.69, 9.17) is 9.47 Å². The molecule has 2 heterocycles. The van der Waals surface area contributed by atoms with E-state index in [1.165, 1.54) is 64.2 Å². The van der Waals surface area contributed by atoms with Gasteiger partial charge in [-0.2, -0.15) is 0 Å². The molecule has 0 radical (unpaired) electrons. The van der Waals surface area contributed by atoms with E-state index in [1.807, 2.05) is 0 Å². The Morgan fingerprint density at radius 2 is 0.906 bits per heavy atom. The van der Waals surface area contributed by atoms with Crippen LogP contribution in [0.15, 0.2) is 0 Å². The van der Waals surface area contributed by atoms with E-state index in [-0.39, 0.29) is 19.2 Å². The van der Waals surface area contributed by atoms with Crippen LogP contribution in [0.25, 0.3) is 0 Å². The summed E-state index contributed by atoms with van der Waals surface area (Å²) in [4.78, 5) is 23.7. The lowest BCUT2D eigenvalue weighted by molar-refractivity contribution is -0.121. The van der Waals surface area contributed by atoms with E-state index in [0.29, 0.717) is 38.1 Å². The molecule has 6 nitrogen and oxygen atoms in total. The fourth-order valence-corrected chi connectivity index (χ4v) is 3.92. The lowest BCUT2D eigenvalue weighted by Crippen LogP contribution is -2.29. The largest absolute Gasteiger partial charge is 0.373 e. The number of carbonyl (C=O) groups excluding carboxylic acids is 2. The molecule has 2 aliphatic heterocycles. The van der Waals surface area contributed by atoms with Gasteiger partial charge in [-0.05, 0) is 32.1 Å². The highest BCUT2D eigenvalue weighted by atomic mass is 16.6. The number of hydrogen-bond acceptors (Lipinski definition) is 4. The van der Waals surface area contributed by atoms with Gasteiger partial charge < -0.3 is 20.1 Å². The summed E-state index contributed by atoms with van der Waals surface area (Å²) in [6.45, 7) is 3.24. The predicted molar refractivity (Wildman–Crippen MR) is 131 cm³/mol. The lowest BCUT2D eigenvalue weighted by Gasteiger charge is -2.07.